The van der Waals surface area contributed by atoms with Gasteiger partial charge in [0.25, 0.3) is 0 Å². The molecule has 0 unspecified atom stereocenters. The molecule has 0 aromatic rings. The quantitative estimate of drug-likeness (QED) is 0.649. The van der Waals surface area contributed by atoms with Crippen LogP contribution in [-0.2, 0) is 0 Å². The molecule has 0 amide bonds. The van der Waals surface area contributed by atoms with Crippen LogP contribution in [0.15, 0.2) is 12.2 Å². The summed E-state index contributed by atoms with van der Waals surface area (Å²) in [5.74, 6) is 0.973. The molecular weight excluding hydrogens is 160 g/mol. The molecule has 0 spiro atoms. The smallest absolute Gasteiger partial charge is 0.0617 e. The first-order valence-corrected chi connectivity index (χ1v) is 5.10. The van der Waals surface area contributed by atoms with Gasteiger partial charge in [-0.3, -0.25) is 0 Å². The van der Waals surface area contributed by atoms with Crippen molar-refractivity contribution in [3.63, 3.8) is 0 Å². The number of aliphatic hydroxyl groups is 1. The van der Waals surface area contributed by atoms with Crippen LogP contribution in [0.2, 0.25) is 0 Å². The summed E-state index contributed by atoms with van der Waals surface area (Å²) < 4.78 is 0. The zero-order valence-electron chi connectivity index (χ0n) is 9.72. The van der Waals surface area contributed by atoms with Crippen molar-refractivity contribution in [2.75, 3.05) is 0 Å². The minimum absolute atomic E-state index is 0.349. The van der Waals surface area contributed by atoms with Crippen LogP contribution in [0, 0.1) is 11.8 Å². The lowest BCUT2D eigenvalue weighted by Crippen LogP contribution is -2.29. The SMILES string of the molecule is C=C(C)C[C@@H](C)C[C@@H](C)C(C)(C)O. The van der Waals surface area contributed by atoms with Crippen molar-refractivity contribution in [3.05, 3.63) is 12.2 Å². The van der Waals surface area contributed by atoms with Crippen molar-refractivity contribution < 1.29 is 5.11 Å². The summed E-state index contributed by atoms with van der Waals surface area (Å²) in [5, 5.41) is 9.75. The molecule has 1 heteroatoms. The van der Waals surface area contributed by atoms with Crippen LogP contribution in [0.1, 0.15) is 47.5 Å². The molecule has 0 radical (unpaired) electrons. The number of hydrogen-bond donors (Lipinski definition) is 1. The normalized spacial score (nSPS) is 16.8. The van der Waals surface area contributed by atoms with Crippen LogP contribution in [0.4, 0.5) is 0 Å². The van der Waals surface area contributed by atoms with E-state index in [4.69, 9.17) is 0 Å². The molecule has 0 aliphatic carbocycles. The van der Waals surface area contributed by atoms with Gasteiger partial charge >= 0.3 is 0 Å². The van der Waals surface area contributed by atoms with Crippen molar-refractivity contribution in [3.8, 4) is 0 Å². The van der Waals surface area contributed by atoms with E-state index in [1.807, 2.05) is 13.8 Å². The largest absolute Gasteiger partial charge is 0.390 e. The molecule has 0 fully saturated rings. The minimum Gasteiger partial charge on any atom is -0.390 e. The fourth-order valence-electron chi connectivity index (χ4n) is 1.57. The summed E-state index contributed by atoms with van der Waals surface area (Å²) in [6.07, 6.45) is 2.14. The number of allylic oxidation sites excluding steroid dienone is 1. The van der Waals surface area contributed by atoms with Gasteiger partial charge in [0.2, 0.25) is 0 Å². The minimum atomic E-state index is -0.552. The Hall–Kier alpha value is -0.300. The van der Waals surface area contributed by atoms with E-state index in [9.17, 15) is 5.11 Å². The van der Waals surface area contributed by atoms with Gasteiger partial charge in [-0.2, -0.15) is 0 Å². The van der Waals surface area contributed by atoms with Crippen LogP contribution in [-0.4, -0.2) is 10.7 Å². The van der Waals surface area contributed by atoms with Gasteiger partial charge in [0.15, 0.2) is 0 Å². The van der Waals surface area contributed by atoms with E-state index in [0.717, 1.165) is 12.8 Å². The Kier molecular flexibility index (Phi) is 4.69. The van der Waals surface area contributed by atoms with E-state index >= 15 is 0 Å². The number of rotatable bonds is 5. The second kappa shape index (κ2) is 4.80. The predicted molar refractivity (Wildman–Crippen MR) is 58.7 cm³/mol. The maximum atomic E-state index is 9.75. The van der Waals surface area contributed by atoms with Crippen LogP contribution >= 0.6 is 0 Å². The monoisotopic (exact) mass is 184 g/mol. The van der Waals surface area contributed by atoms with E-state index < -0.39 is 5.60 Å². The van der Waals surface area contributed by atoms with E-state index in [-0.39, 0.29) is 0 Å². The lowest BCUT2D eigenvalue weighted by molar-refractivity contribution is 0.0154. The van der Waals surface area contributed by atoms with Gasteiger partial charge in [-0.05, 0) is 45.4 Å². The average Bonchev–Trinajstić information content (AvgIpc) is 1.82. The van der Waals surface area contributed by atoms with Crippen molar-refractivity contribution >= 4 is 0 Å². The second-order valence-electron chi connectivity index (χ2n) is 5.06. The second-order valence-corrected chi connectivity index (χ2v) is 5.06. The van der Waals surface area contributed by atoms with Gasteiger partial charge < -0.3 is 5.11 Å². The predicted octanol–water partition coefficient (Wildman–Crippen LogP) is 3.39. The average molecular weight is 184 g/mol. The van der Waals surface area contributed by atoms with Crippen LogP contribution in [0.3, 0.4) is 0 Å². The fraction of sp³-hybridized carbons (Fsp3) is 0.833. The molecular formula is C12H24O. The van der Waals surface area contributed by atoms with Crippen LogP contribution in [0.5, 0.6) is 0 Å². The van der Waals surface area contributed by atoms with Crippen LogP contribution in [0.25, 0.3) is 0 Å². The molecule has 0 bridgehead atoms. The third kappa shape index (κ3) is 5.87. The summed E-state index contributed by atoms with van der Waals surface area (Å²) in [5.41, 5.74) is 0.680. The lowest BCUT2D eigenvalue weighted by atomic mass is 9.83. The van der Waals surface area contributed by atoms with Gasteiger partial charge in [-0.25, -0.2) is 0 Å². The summed E-state index contributed by atoms with van der Waals surface area (Å²) in [4.78, 5) is 0. The standard InChI is InChI=1S/C12H24O/c1-9(2)7-10(3)8-11(4)12(5,6)13/h10-11,13H,1,7-8H2,2-6H3/t10-,11-/m1/s1. The first-order chi connectivity index (χ1) is 5.73. The van der Waals surface area contributed by atoms with E-state index in [0.29, 0.717) is 11.8 Å². The van der Waals surface area contributed by atoms with Gasteiger partial charge in [0.1, 0.15) is 0 Å². The molecule has 78 valence electrons. The Bertz CT molecular complexity index is 164. The fourth-order valence-corrected chi connectivity index (χ4v) is 1.57. The zero-order chi connectivity index (χ0) is 10.6. The maximum absolute atomic E-state index is 9.75. The summed E-state index contributed by atoms with van der Waals surface area (Å²) >= 11 is 0. The molecule has 0 aliphatic rings. The van der Waals surface area contributed by atoms with Gasteiger partial charge in [0.05, 0.1) is 5.60 Å². The molecule has 0 rings (SSSR count). The molecule has 0 saturated carbocycles. The third-order valence-electron chi connectivity index (χ3n) is 2.66. The highest BCUT2D eigenvalue weighted by Crippen LogP contribution is 2.26. The Labute approximate surface area is 82.9 Å². The lowest BCUT2D eigenvalue weighted by Gasteiger charge is -2.28. The summed E-state index contributed by atoms with van der Waals surface area (Å²) in [7, 11) is 0. The summed E-state index contributed by atoms with van der Waals surface area (Å²) in [6.45, 7) is 14.0. The Morgan fingerprint density at radius 1 is 1.38 bits per heavy atom. The van der Waals surface area contributed by atoms with Crippen molar-refractivity contribution in [2.24, 2.45) is 11.8 Å². The molecule has 0 aromatic heterocycles. The van der Waals surface area contributed by atoms with Crippen LogP contribution < -0.4 is 0 Å². The topological polar surface area (TPSA) is 20.2 Å². The highest BCUT2D eigenvalue weighted by Gasteiger charge is 2.23. The van der Waals surface area contributed by atoms with Crippen molar-refractivity contribution in [2.45, 2.75) is 53.1 Å². The maximum Gasteiger partial charge on any atom is 0.0617 e. The molecule has 2 atom stereocenters. The Morgan fingerprint density at radius 3 is 2.15 bits per heavy atom. The van der Waals surface area contributed by atoms with Crippen molar-refractivity contribution in [1.82, 2.24) is 0 Å². The number of hydrogen-bond acceptors (Lipinski definition) is 1. The summed E-state index contributed by atoms with van der Waals surface area (Å²) in [6, 6.07) is 0. The van der Waals surface area contributed by atoms with Gasteiger partial charge in [-0.1, -0.05) is 19.4 Å². The first-order valence-electron chi connectivity index (χ1n) is 5.10. The Balaban J connectivity index is 3.92. The van der Waals surface area contributed by atoms with Gasteiger partial charge in [0, 0.05) is 0 Å². The molecule has 1 nitrogen and oxygen atoms in total. The molecule has 13 heavy (non-hydrogen) atoms. The molecule has 1 N–H and O–H groups in total. The van der Waals surface area contributed by atoms with E-state index in [1.54, 1.807) is 0 Å². The Morgan fingerprint density at radius 2 is 1.85 bits per heavy atom. The molecule has 0 aromatic carbocycles. The molecule has 0 saturated heterocycles. The molecule has 0 aliphatic heterocycles. The van der Waals surface area contributed by atoms with E-state index in [1.165, 1.54) is 5.57 Å². The highest BCUT2D eigenvalue weighted by atomic mass is 16.3. The van der Waals surface area contributed by atoms with Gasteiger partial charge in [-0.15, -0.1) is 6.58 Å². The van der Waals surface area contributed by atoms with Crippen molar-refractivity contribution in [1.29, 1.82) is 0 Å². The highest BCUT2D eigenvalue weighted by molar-refractivity contribution is 4.90. The zero-order valence-corrected chi connectivity index (χ0v) is 9.72. The molecule has 0 heterocycles. The third-order valence-corrected chi connectivity index (χ3v) is 2.66. The first kappa shape index (κ1) is 12.7. The van der Waals surface area contributed by atoms with E-state index in [2.05, 4.69) is 27.4 Å².